The third kappa shape index (κ3) is 6.15. The molecule has 69 valence electrons. The highest BCUT2D eigenvalue weighted by Gasteiger charge is 1.81. The Labute approximate surface area is 81.4 Å². The van der Waals surface area contributed by atoms with E-state index in [9.17, 15) is 0 Å². The van der Waals surface area contributed by atoms with Crippen molar-refractivity contribution in [3.05, 3.63) is 48.6 Å². The minimum Gasteiger partial charge on any atom is -0.0885 e. The van der Waals surface area contributed by atoms with Crippen LogP contribution in [0.25, 0.3) is 0 Å². The van der Waals surface area contributed by atoms with Crippen LogP contribution >= 0.6 is 0 Å². The third-order valence-corrected chi connectivity index (χ3v) is 1.94. The van der Waals surface area contributed by atoms with Crippen molar-refractivity contribution in [2.24, 2.45) is 0 Å². The number of hydrogen-bond donors (Lipinski definition) is 0. The summed E-state index contributed by atoms with van der Waals surface area (Å²) in [6.45, 7) is 0. The average Bonchev–Trinajstić information content (AvgIpc) is 2.18. The molecular weight excluding hydrogens is 156 g/mol. The molecule has 0 aromatic carbocycles. The summed E-state index contributed by atoms with van der Waals surface area (Å²) in [6.07, 6.45) is 24.0. The van der Waals surface area contributed by atoms with Crippen molar-refractivity contribution >= 4 is 0 Å². The third-order valence-electron chi connectivity index (χ3n) is 1.94. The molecule has 0 bridgehead atoms. The molecule has 0 aromatic rings. The van der Waals surface area contributed by atoms with E-state index in [1.165, 1.54) is 19.3 Å². The van der Waals surface area contributed by atoms with Gasteiger partial charge in [0.05, 0.1) is 0 Å². The van der Waals surface area contributed by atoms with Gasteiger partial charge in [-0.1, -0.05) is 42.5 Å². The predicted octanol–water partition coefficient (Wildman–Crippen LogP) is 3.98. The predicted molar refractivity (Wildman–Crippen MR) is 58.3 cm³/mol. The van der Waals surface area contributed by atoms with Crippen molar-refractivity contribution in [1.82, 2.24) is 0 Å². The monoisotopic (exact) mass is 173 g/mol. The minimum absolute atomic E-state index is 1.10. The maximum absolute atomic E-state index is 3.13. The average molecular weight is 173 g/mol. The zero-order chi connectivity index (χ0) is 9.19. The van der Waals surface area contributed by atoms with Crippen LogP contribution in [0.5, 0.6) is 0 Å². The molecule has 0 atom stereocenters. The number of rotatable bonds is 0. The molecule has 1 aliphatic carbocycles. The molecule has 13 heavy (non-hydrogen) atoms. The summed E-state index contributed by atoms with van der Waals surface area (Å²) in [7, 11) is 0. The van der Waals surface area contributed by atoms with Gasteiger partial charge < -0.3 is 0 Å². The van der Waals surface area contributed by atoms with Crippen LogP contribution in [0.1, 0.15) is 32.1 Å². The van der Waals surface area contributed by atoms with Gasteiger partial charge in [0.1, 0.15) is 0 Å². The van der Waals surface area contributed by atoms with E-state index in [0.717, 1.165) is 12.8 Å². The lowest BCUT2D eigenvalue weighted by atomic mass is 10.2. The van der Waals surface area contributed by atoms with Crippen molar-refractivity contribution in [2.45, 2.75) is 32.1 Å². The van der Waals surface area contributed by atoms with Gasteiger partial charge in [-0.25, -0.2) is 0 Å². The first-order valence-corrected chi connectivity index (χ1v) is 5.04. The fraction of sp³-hybridized carbons (Fsp3) is 0.385. The lowest BCUT2D eigenvalue weighted by molar-refractivity contribution is 0.863. The molecule has 0 heterocycles. The summed E-state index contributed by atoms with van der Waals surface area (Å²) in [5.74, 6) is 0. The topological polar surface area (TPSA) is 0 Å². The van der Waals surface area contributed by atoms with Gasteiger partial charge in [-0.2, -0.15) is 0 Å². The Hall–Kier alpha value is -1.04. The van der Waals surface area contributed by atoms with E-state index < -0.39 is 0 Å². The SMILES string of the molecule is [C]1=CCCC=CCCCC=CC=C1. The van der Waals surface area contributed by atoms with Crippen LogP contribution in [-0.2, 0) is 0 Å². The molecule has 0 nitrogen and oxygen atoms in total. The Morgan fingerprint density at radius 2 is 1.62 bits per heavy atom. The van der Waals surface area contributed by atoms with Crippen molar-refractivity contribution in [3.8, 4) is 0 Å². The summed E-state index contributed by atoms with van der Waals surface area (Å²) < 4.78 is 0. The Morgan fingerprint density at radius 1 is 0.769 bits per heavy atom. The summed E-state index contributed by atoms with van der Waals surface area (Å²) in [6, 6.07) is 0. The van der Waals surface area contributed by atoms with Crippen LogP contribution in [0.2, 0.25) is 0 Å². The molecule has 0 unspecified atom stereocenters. The van der Waals surface area contributed by atoms with Gasteiger partial charge in [-0.15, -0.1) is 0 Å². The van der Waals surface area contributed by atoms with Gasteiger partial charge in [-0.3, -0.25) is 0 Å². The second kappa shape index (κ2) is 7.60. The van der Waals surface area contributed by atoms with Crippen molar-refractivity contribution < 1.29 is 0 Å². The maximum atomic E-state index is 3.13. The fourth-order valence-corrected chi connectivity index (χ4v) is 1.21. The van der Waals surface area contributed by atoms with Gasteiger partial charge in [-0.05, 0) is 38.2 Å². The molecule has 0 aromatic heterocycles. The van der Waals surface area contributed by atoms with E-state index in [2.05, 4.69) is 36.5 Å². The highest BCUT2D eigenvalue weighted by molar-refractivity contribution is 5.07. The Kier molecular flexibility index (Phi) is 5.87. The van der Waals surface area contributed by atoms with Crippen LogP contribution < -0.4 is 0 Å². The summed E-state index contributed by atoms with van der Waals surface area (Å²) in [5.41, 5.74) is 0. The van der Waals surface area contributed by atoms with Gasteiger partial charge in [0.15, 0.2) is 0 Å². The smallest absolute Gasteiger partial charge is 0.0227 e. The van der Waals surface area contributed by atoms with E-state index in [-0.39, 0.29) is 0 Å². The van der Waals surface area contributed by atoms with Crippen LogP contribution in [0.15, 0.2) is 42.5 Å². The van der Waals surface area contributed by atoms with E-state index in [1.54, 1.807) is 0 Å². The maximum Gasteiger partial charge on any atom is -0.0227 e. The summed E-state index contributed by atoms with van der Waals surface area (Å²) in [5, 5.41) is 0. The highest BCUT2D eigenvalue weighted by atomic mass is 13.9. The molecule has 0 N–H and O–H groups in total. The molecule has 0 saturated heterocycles. The largest absolute Gasteiger partial charge is 0.0885 e. The Morgan fingerprint density at radius 3 is 2.62 bits per heavy atom. The molecule has 1 aliphatic rings. The van der Waals surface area contributed by atoms with E-state index >= 15 is 0 Å². The van der Waals surface area contributed by atoms with Gasteiger partial charge in [0.25, 0.3) is 0 Å². The number of hydrogen-bond acceptors (Lipinski definition) is 0. The molecule has 0 fully saturated rings. The molecule has 1 rings (SSSR count). The summed E-state index contributed by atoms with van der Waals surface area (Å²) >= 11 is 0. The lowest BCUT2D eigenvalue weighted by Gasteiger charge is -1.89. The molecule has 0 saturated carbocycles. The fourth-order valence-electron chi connectivity index (χ4n) is 1.21. The highest BCUT2D eigenvalue weighted by Crippen LogP contribution is 2.01. The molecule has 0 aliphatic heterocycles. The minimum atomic E-state index is 1.10. The Bertz CT molecular complexity index is 216. The van der Waals surface area contributed by atoms with Crippen LogP contribution in [0.3, 0.4) is 0 Å². The summed E-state index contributed by atoms with van der Waals surface area (Å²) in [4.78, 5) is 0. The first kappa shape index (κ1) is 10.0. The number of allylic oxidation sites excluding steroid dienone is 8. The molecule has 0 heteroatoms. The van der Waals surface area contributed by atoms with Crippen molar-refractivity contribution in [1.29, 1.82) is 0 Å². The van der Waals surface area contributed by atoms with E-state index in [0.29, 0.717) is 0 Å². The first-order valence-electron chi connectivity index (χ1n) is 5.04. The molecule has 0 spiro atoms. The van der Waals surface area contributed by atoms with Crippen LogP contribution in [-0.4, -0.2) is 0 Å². The van der Waals surface area contributed by atoms with Crippen molar-refractivity contribution in [2.75, 3.05) is 0 Å². The zero-order valence-electron chi connectivity index (χ0n) is 8.08. The van der Waals surface area contributed by atoms with Crippen LogP contribution in [0.4, 0.5) is 0 Å². The van der Waals surface area contributed by atoms with Gasteiger partial charge in [0, 0.05) is 0 Å². The van der Waals surface area contributed by atoms with Crippen LogP contribution in [0, 0.1) is 6.08 Å². The first-order chi connectivity index (χ1) is 6.50. The standard InChI is InChI=1S/C13H17/c1-2-4-6-8-10-12-13-11-9-7-5-3-1/h1-4,8,11,13H,5,7,9-10,12H2. The molecule has 0 amide bonds. The second-order valence-corrected chi connectivity index (χ2v) is 3.14. The zero-order valence-corrected chi connectivity index (χ0v) is 8.08. The quantitative estimate of drug-likeness (QED) is 0.486. The Balaban J connectivity index is 2.38. The van der Waals surface area contributed by atoms with Crippen molar-refractivity contribution in [3.63, 3.8) is 0 Å². The molecule has 1 radical (unpaired) electrons. The second-order valence-electron chi connectivity index (χ2n) is 3.14. The normalized spacial score (nSPS) is 19.1. The van der Waals surface area contributed by atoms with Gasteiger partial charge >= 0.3 is 0 Å². The van der Waals surface area contributed by atoms with E-state index in [1.807, 2.05) is 12.2 Å². The van der Waals surface area contributed by atoms with E-state index in [4.69, 9.17) is 0 Å². The van der Waals surface area contributed by atoms with Gasteiger partial charge in [0.2, 0.25) is 0 Å². The lowest BCUT2D eigenvalue weighted by Crippen LogP contribution is -1.69. The molecular formula is C13H17.